The molecule has 2 saturated heterocycles. The minimum absolute atomic E-state index is 0.0134. The molecule has 1 aromatic carbocycles. The van der Waals surface area contributed by atoms with Gasteiger partial charge in [0.1, 0.15) is 35.4 Å². The Kier molecular flexibility index (Phi) is 11.7. The van der Waals surface area contributed by atoms with E-state index in [0.29, 0.717) is 19.3 Å². The normalized spacial score (nSPS) is 22.1. The van der Waals surface area contributed by atoms with Gasteiger partial charge in [0, 0.05) is 31.4 Å². The molecule has 4 heterocycles. The zero-order chi connectivity index (χ0) is 42.7. The van der Waals surface area contributed by atoms with E-state index in [0.717, 1.165) is 25.8 Å². The lowest BCUT2D eigenvalue weighted by molar-refractivity contribution is -0.144. The topological polar surface area (TPSA) is 147 Å². The maximum atomic E-state index is 17.0. The number of fused-ring (bicyclic) bond motifs is 3. The molecule has 3 unspecified atom stereocenters. The van der Waals surface area contributed by atoms with Crippen molar-refractivity contribution in [1.29, 1.82) is 0 Å². The predicted octanol–water partition coefficient (Wildman–Crippen LogP) is 8.35. The molecule has 3 N–H and O–H groups in total. The van der Waals surface area contributed by atoms with Crippen LogP contribution in [0.4, 0.5) is 42.8 Å². The van der Waals surface area contributed by atoms with Gasteiger partial charge in [-0.05, 0) is 71.7 Å². The second kappa shape index (κ2) is 15.7. The molecule has 3 aliphatic rings. The molecule has 1 aliphatic carbocycles. The smallest absolute Gasteiger partial charge is 0.418 e. The number of unbranched alkanes of at least 4 members (excludes halogenated alkanes) is 2. The maximum absolute atomic E-state index is 17.0. The van der Waals surface area contributed by atoms with Crippen LogP contribution in [0.5, 0.6) is 6.01 Å². The molecular formula is C39H48ClF6N7O5. The van der Waals surface area contributed by atoms with Gasteiger partial charge >= 0.3 is 24.2 Å². The number of aryl methyl sites for hydroxylation is 1. The molecule has 4 atom stereocenters. The number of alkyl halides is 5. The van der Waals surface area contributed by atoms with Gasteiger partial charge in [0.2, 0.25) is 0 Å². The summed E-state index contributed by atoms with van der Waals surface area (Å²) in [6, 6.07) is -0.0817. The second-order valence-electron chi connectivity index (χ2n) is 16.8. The molecule has 1 amide bonds. The van der Waals surface area contributed by atoms with Crippen molar-refractivity contribution in [2.75, 3.05) is 43.9 Å². The number of carboxylic acids is 1. The third kappa shape index (κ3) is 8.54. The summed E-state index contributed by atoms with van der Waals surface area (Å²) >= 11 is 6.62. The van der Waals surface area contributed by atoms with Gasteiger partial charge in [-0.25, -0.2) is 22.9 Å². The molecule has 1 saturated carbocycles. The highest BCUT2D eigenvalue weighted by Crippen LogP contribution is 2.61. The molecule has 3 fully saturated rings. The molecule has 0 spiro atoms. The van der Waals surface area contributed by atoms with Crippen molar-refractivity contribution in [3.8, 4) is 17.3 Å². The van der Waals surface area contributed by atoms with Crippen LogP contribution in [-0.2, 0) is 15.7 Å². The molecule has 2 aliphatic heterocycles. The van der Waals surface area contributed by atoms with Gasteiger partial charge in [0.05, 0.1) is 39.3 Å². The highest BCUT2D eigenvalue weighted by molar-refractivity contribution is 6.34. The van der Waals surface area contributed by atoms with Crippen molar-refractivity contribution in [2.24, 2.45) is 5.41 Å². The number of pyridine rings is 1. The number of aromatic nitrogens is 3. The van der Waals surface area contributed by atoms with Gasteiger partial charge in [-0.3, -0.25) is 14.6 Å². The Morgan fingerprint density at radius 2 is 1.74 bits per heavy atom. The Balaban J connectivity index is 1.42. The summed E-state index contributed by atoms with van der Waals surface area (Å²) in [6.45, 7) is 7.68. The van der Waals surface area contributed by atoms with Gasteiger partial charge in [0.25, 0.3) is 5.92 Å². The van der Waals surface area contributed by atoms with Crippen LogP contribution in [0, 0.1) is 18.2 Å². The maximum Gasteiger partial charge on any atom is 0.418 e. The second-order valence-corrected chi connectivity index (χ2v) is 17.2. The lowest BCUT2D eigenvalue weighted by atomic mass is 9.99. The van der Waals surface area contributed by atoms with E-state index in [4.69, 9.17) is 26.8 Å². The van der Waals surface area contributed by atoms with Crippen LogP contribution in [-0.4, -0.2) is 105 Å². The molecule has 19 heteroatoms. The summed E-state index contributed by atoms with van der Waals surface area (Å²) in [5, 5.41) is 9.44. The number of carbonyl (C=O) groups is 2. The highest BCUT2D eigenvalue weighted by Gasteiger charge is 2.72. The highest BCUT2D eigenvalue weighted by atomic mass is 35.5. The Hall–Kier alpha value is -4.32. The number of halogens is 7. The first-order valence-corrected chi connectivity index (χ1v) is 19.6. The Morgan fingerprint density at radius 1 is 1.10 bits per heavy atom. The van der Waals surface area contributed by atoms with Gasteiger partial charge in [-0.2, -0.15) is 23.1 Å². The van der Waals surface area contributed by atoms with Gasteiger partial charge in [-0.1, -0.05) is 37.8 Å². The van der Waals surface area contributed by atoms with Crippen LogP contribution in [0.25, 0.3) is 22.2 Å². The van der Waals surface area contributed by atoms with E-state index < -0.39 is 93.4 Å². The third-order valence-electron chi connectivity index (χ3n) is 11.1. The summed E-state index contributed by atoms with van der Waals surface area (Å²) < 4.78 is 102. The number of amides is 1. The quantitative estimate of drug-likeness (QED) is 0.126. The van der Waals surface area contributed by atoms with E-state index in [1.807, 2.05) is 6.92 Å². The fourth-order valence-corrected chi connectivity index (χ4v) is 8.55. The summed E-state index contributed by atoms with van der Waals surface area (Å²) in [5.41, 5.74) is -0.477. The average Bonchev–Trinajstić information content (AvgIpc) is 3.51. The molecule has 58 heavy (non-hydrogen) atoms. The van der Waals surface area contributed by atoms with E-state index in [-0.39, 0.29) is 60.7 Å². The van der Waals surface area contributed by atoms with Crippen molar-refractivity contribution < 1.29 is 50.5 Å². The number of likely N-dealkylation sites (N-methyl/N-ethyl adjacent to an activating group) is 1. The number of carbonyl (C=O) groups excluding carboxylic acids is 1. The minimum Gasteiger partial charge on any atom is -0.480 e. The first-order valence-electron chi connectivity index (χ1n) is 19.2. The molecule has 3 aromatic rings. The number of ether oxygens (including phenoxy) is 2. The summed E-state index contributed by atoms with van der Waals surface area (Å²) in [5.74, 6) is -5.97. The van der Waals surface area contributed by atoms with E-state index in [9.17, 15) is 27.9 Å². The number of nitrogen functional groups attached to an aromatic ring is 1. The van der Waals surface area contributed by atoms with E-state index in [1.54, 1.807) is 30.6 Å². The number of carboxylic acid groups (broad SMARTS) is 1. The zero-order valence-electron chi connectivity index (χ0n) is 33.2. The van der Waals surface area contributed by atoms with E-state index >= 15 is 13.2 Å². The molecule has 2 bridgehead atoms. The largest absolute Gasteiger partial charge is 0.480 e. The van der Waals surface area contributed by atoms with Crippen molar-refractivity contribution in [3.05, 3.63) is 34.1 Å². The van der Waals surface area contributed by atoms with E-state index in [1.165, 1.54) is 18.0 Å². The third-order valence-corrected chi connectivity index (χ3v) is 11.4. The number of nitrogens with two attached hydrogens (primary N) is 1. The monoisotopic (exact) mass is 843 g/mol. The van der Waals surface area contributed by atoms with Crippen LogP contribution < -0.4 is 15.4 Å². The molecule has 2 aromatic heterocycles. The van der Waals surface area contributed by atoms with E-state index in [2.05, 4.69) is 15.0 Å². The van der Waals surface area contributed by atoms with Crippen molar-refractivity contribution in [3.63, 3.8) is 0 Å². The lowest BCUT2D eigenvalue weighted by Gasteiger charge is -2.42. The number of anilines is 2. The van der Waals surface area contributed by atoms with Crippen LogP contribution in [0.1, 0.15) is 83.8 Å². The summed E-state index contributed by atoms with van der Waals surface area (Å²) in [7, 11) is 1.46. The van der Waals surface area contributed by atoms with Crippen molar-refractivity contribution in [1.82, 2.24) is 24.8 Å². The Morgan fingerprint density at radius 3 is 2.29 bits per heavy atom. The number of nitrogens with zero attached hydrogens (tertiary/aromatic N) is 6. The standard InChI is InChI=1S/C39H48ClF6N7O5/c1-7-8-9-10-25(33(54)55)51(6)18-37(17-38(37,42)43)19-57-34-49-30-23(14-24(40)27(29(30)41)31-28(39(44,45)46)20(2)13-26(47)48-31)32(50-34)52-15-21-11-12-22(16-52)53(21)35(56)58-36(3,4)5/h13-14,21-22,25H,7-12,15-19H2,1-6H3,(H2,47,48)(H,54,55)/t21?,22?,25?,37-/m1/s1. The summed E-state index contributed by atoms with van der Waals surface area (Å²) in [6.07, 6.45) is -2.45. The number of benzene rings is 1. The lowest BCUT2D eigenvalue weighted by Crippen LogP contribution is -2.57. The zero-order valence-corrected chi connectivity index (χ0v) is 33.9. The number of piperazine rings is 1. The molecule has 12 nitrogen and oxygen atoms in total. The fourth-order valence-electron chi connectivity index (χ4n) is 8.27. The molecular weight excluding hydrogens is 796 g/mol. The van der Waals surface area contributed by atoms with Gasteiger partial charge in [-0.15, -0.1) is 0 Å². The molecule has 318 valence electrons. The molecule has 6 rings (SSSR count). The van der Waals surface area contributed by atoms with Crippen LogP contribution in [0.3, 0.4) is 0 Å². The Bertz CT molecular complexity index is 2070. The van der Waals surface area contributed by atoms with Crippen molar-refractivity contribution >= 4 is 46.2 Å². The average molecular weight is 844 g/mol. The SMILES string of the molecule is CCCCCC(C(=O)O)N(C)C[C@@]1(COc2nc(N3CC4CCC(C3)N4C(=O)OC(C)(C)C)c3cc(Cl)c(-c4nc(N)cc(C)c4C(F)(F)F)c(F)c3n2)CC1(F)F. The summed E-state index contributed by atoms with van der Waals surface area (Å²) in [4.78, 5) is 42.8. The van der Waals surface area contributed by atoms with Crippen LogP contribution >= 0.6 is 11.6 Å². The Labute approximate surface area is 337 Å². The predicted molar refractivity (Wildman–Crippen MR) is 205 cm³/mol. The van der Waals surface area contributed by atoms with Crippen molar-refractivity contribution in [2.45, 2.75) is 115 Å². The minimum atomic E-state index is -4.99. The number of hydrogen-bond acceptors (Lipinski definition) is 10. The first-order chi connectivity index (χ1) is 27.0. The van der Waals surface area contributed by atoms with Crippen LogP contribution in [0.2, 0.25) is 5.02 Å². The number of rotatable bonds is 13. The van der Waals surface area contributed by atoms with Gasteiger partial charge < -0.3 is 25.2 Å². The fraction of sp³-hybridized carbons (Fsp3) is 0.615. The number of aliphatic carboxylic acids is 1. The molecule has 0 radical (unpaired) electrons. The number of hydrogen-bond donors (Lipinski definition) is 2. The van der Waals surface area contributed by atoms with Gasteiger partial charge in [0.15, 0.2) is 5.82 Å². The van der Waals surface area contributed by atoms with Crippen LogP contribution in [0.15, 0.2) is 12.1 Å². The first kappa shape index (κ1) is 43.3.